The van der Waals surface area contributed by atoms with Crippen molar-refractivity contribution >= 4 is 0 Å². The zero-order valence-corrected chi connectivity index (χ0v) is 11.0. The first-order valence-corrected chi connectivity index (χ1v) is 6.42. The van der Waals surface area contributed by atoms with Crippen LogP contribution in [0.25, 0.3) is 0 Å². The molecule has 1 heteroatoms. The Morgan fingerprint density at radius 3 is 2.81 bits per heavy atom. The van der Waals surface area contributed by atoms with Gasteiger partial charge >= 0.3 is 0 Å². The standard InChI is InChI=1S/C15H24O/c1-12-7-5-9-14(2,3)11-13-15(4,16-13)10-6-8-12/h5,8-9,13H,6-7,10-11H2,1-4H3/b9-5+,12-8+/t13-,15-/m0/s1. The van der Waals surface area contributed by atoms with Crippen molar-refractivity contribution in [2.75, 3.05) is 0 Å². The van der Waals surface area contributed by atoms with Crippen molar-refractivity contribution in [1.82, 2.24) is 0 Å². The Kier molecular flexibility index (Phi) is 3.00. The summed E-state index contributed by atoms with van der Waals surface area (Å²) in [6.45, 7) is 9.10. The third kappa shape index (κ3) is 2.76. The number of fused-ring (bicyclic) bond motifs is 1. The molecule has 1 aliphatic heterocycles. The van der Waals surface area contributed by atoms with Crippen molar-refractivity contribution in [2.45, 2.75) is 65.1 Å². The SMILES string of the molecule is C/C1=C\CC[C@]2(C)O[C@H]2CC(C)(C)/C=C/C1. The van der Waals surface area contributed by atoms with Gasteiger partial charge in [0.1, 0.15) is 0 Å². The predicted octanol–water partition coefficient (Wildman–Crippen LogP) is 4.25. The minimum Gasteiger partial charge on any atom is -0.366 e. The van der Waals surface area contributed by atoms with Gasteiger partial charge in [-0.05, 0) is 44.9 Å². The number of allylic oxidation sites excluding steroid dienone is 4. The summed E-state index contributed by atoms with van der Waals surface area (Å²) >= 11 is 0. The van der Waals surface area contributed by atoms with E-state index in [2.05, 4.69) is 45.9 Å². The summed E-state index contributed by atoms with van der Waals surface area (Å²) in [7, 11) is 0. The first-order valence-electron chi connectivity index (χ1n) is 6.42. The van der Waals surface area contributed by atoms with Crippen molar-refractivity contribution in [3.63, 3.8) is 0 Å². The van der Waals surface area contributed by atoms with Crippen LogP contribution in [0.1, 0.15) is 53.4 Å². The molecule has 0 amide bonds. The van der Waals surface area contributed by atoms with Crippen LogP contribution in [-0.4, -0.2) is 11.7 Å². The fourth-order valence-corrected chi connectivity index (χ4v) is 2.57. The van der Waals surface area contributed by atoms with E-state index in [1.807, 2.05) is 0 Å². The van der Waals surface area contributed by atoms with E-state index in [0.717, 1.165) is 19.3 Å². The molecule has 0 saturated carbocycles. The zero-order chi connectivity index (χ0) is 11.8. The molecule has 2 rings (SSSR count). The number of rotatable bonds is 0. The van der Waals surface area contributed by atoms with Crippen LogP contribution in [0.2, 0.25) is 0 Å². The number of hydrogen-bond acceptors (Lipinski definition) is 1. The Morgan fingerprint density at radius 1 is 1.31 bits per heavy atom. The molecule has 1 fully saturated rings. The number of hydrogen-bond donors (Lipinski definition) is 0. The highest BCUT2D eigenvalue weighted by Crippen LogP contribution is 2.46. The lowest BCUT2D eigenvalue weighted by Gasteiger charge is -2.19. The summed E-state index contributed by atoms with van der Waals surface area (Å²) < 4.78 is 5.88. The maximum absolute atomic E-state index is 5.88. The van der Waals surface area contributed by atoms with Crippen LogP contribution in [0.3, 0.4) is 0 Å². The Morgan fingerprint density at radius 2 is 2.06 bits per heavy atom. The van der Waals surface area contributed by atoms with E-state index in [9.17, 15) is 0 Å². The lowest BCUT2D eigenvalue weighted by atomic mass is 9.84. The second-order valence-corrected chi connectivity index (χ2v) is 6.31. The molecule has 16 heavy (non-hydrogen) atoms. The normalized spacial score (nSPS) is 43.5. The highest BCUT2D eigenvalue weighted by molar-refractivity contribution is 5.12. The molecular formula is C15H24O. The molecule has 1 nitrogen and oxygen atoms in total. The molecular weight excluding hydrogens is 196 g/mol. The Labute approximate surface area is 99.6 Å². The van der Waals surface area contributed by atoms with Crippen molar-refractivity contribution in [2.24, 2.45) is 5.41 Å². The largest absolute Gasteiger partial charge is 0.366 e. The predicted molar refractivity (Wildman–Crippen MR) is 68.4 cm³/mol. The fourth-order valence-electron chi connectivity index (χ4n) is 2.57. The summed E-state index contributed by atoms with van der Waals surface area (Å²) in [5.41, 5.74) is 1.91. The lowest BCUT2D eigenvalue weighted by Crippen LogP contribution is -2.16. The van der Waals surface area contributed by atoms with Crippen molar-refractivity contribution in [3.05, 3.63) is 23.8 Å². The van der Waals surface area contributed by atoms with Crippen molar-refractivity contribution < 1.29 is 4.74 Å². The molecule has 0 spiro atoms. The number of ether oxygens (including phenoxy) is 1. The van der Waals surface area contributed by atoms with Gasteiger partial charge in [-0.25, -0.2) is 0 Å². The summed E-state index contributed by atoms with van der Waals surface area (Å²) in [5, 5.41) is 0. The maximum Gasteiger partial charge on any atom is 0.0923 e. The Balaban J connectivity index is 2.11. The third-order valence-corrected chi connectivity index (χ3v) is 3.89. The van der Waals surface area contributed by atoms with E-state index >= 15 is 0 Å². The average molecular weight is 220 g/mol. The molecule has 0 N–H and O–H groups in total. The molecule has 0 bridgehead atoms. The van der Waals surface area contributed by atoms with Crippen LogP contribution in [0.5, 0.6) is 0 Å². The fraction of sp³-hybridized carbons (Fsp3) is 0.733. The molecule has 1 saturated heterocycles. The molecule has 1 aliphatic carbocycles. The molecule has 90 valence electrons. The second kappa shape index (κ2) is 4.03. The molecule has 0 aromatic heterocycles. The first kappa shape index (κ1) is 11.9. The van der Waals surface area contributed by atoms with E-state index in [1.165, 1.54) is 12.0 Å². The maximum atomic E-state index is 5.88. The van der Waals surface area contributed by atoms with Crippen LogP contribution in [0, 0.1) is 5.41 Å². The second-order valence-electron chi connectivity index (χ2n) is 6.31. The van der Waals surface area contributed by atoms with E-state index in [4.69, 9.17) is 4.74 Å². The van der Waals surface area contributed by atoms with Crippen molar-refractivity contribution in [1.29, 1.82) is 0 Å². The quantitative estimate of drug-likeness (QED) is 0.439. The van der Waals surface area contributed by atoms with Gasteiger partial charge in [0.15, 0.2) is 0 Å². The zero-order valence-electron chi connectivity index (χ0n) is 11.0. The summed E-state index contributed by atoms with van der Waals surface area (Å²) in [5.74, 6) is 0. The molecule has 0 unspecified atom stereocenters. The van der Waals surface area contributed by atoms with Gasteiger partial charge < -0.3 is 4.74 Å². The third-order valence-electron chi connectivity index (χ3n) is 3.89. The van der Waals surface area contributed by atoms with Crippen LogP contribution in [0.4, 0.5) is 0 Å². The van der Waals surface area contributed by atoms with E-state index in [-0.39, 0.29) is 11.0 Å². The summed E-state index contributed by atoms with van der Waals surface area (Å²) in [6.07, 6.45) is 12.1. The van der Waals surface area contributed by atoms with Crippen LogP contribution in [-0.2, 0) is 4.74 Å². The smallest absolute Gasteiger partial charge is 0.0923 e. The molecule has 0 aromatic rings. The first-order chi connectivity index (χ1) is 7.41. The Hall–Kier alpha value is -0.560. The monoisotopic (exact) mass is 220 g/mol. The molecule has 0 aromatic carbocycles. The van der Waals surface area contributed by atoms with E-state index in [1.54, 1.807) is 0 Å². The molecule has 2 atom stereocenters. The van der Waals surface area contributed by atoms with E-state index < -0.39 is 0 Å². The van der Waals surface area contributed by atoms with Gasteiger partial charge in [0.25, 0.3) is 0 Å². The van der Waals surface area contributed by atoms with Crippen molar-refractivity contribution in [3.8, 4) is 0 Å². The lowest BCUT2D eigenvalue weighted by molar-refractivity contribution is 0.280. The topological polar surface area (TPSA) is 12.5 Å². The minimum absolute atomic E-state index is 0.159. The average Bonchev–Trinajstić information content (AvgIpc) is 2.73. The minimum atomic E-state index is 0.159. The van der Waals surface area contributed by atoms with E-state index in [0.29, 0.717) is 6.10 Å². The number of epoxide rings is 1. The molecule has 2 aliphatic rings. The van der Waals surface area contributed by atoms with Gasteiger partial charge in [-0.2, -0.15) is 0 Å². The van der Waals surface area contributed by atoms with Crippen LogP contribution < -0.4 is 0 Å². The summed E-state index contributed by atoms with van der Waals surface area (Å²) in [4.78, 5) is 0. The van der Waals surface area contributed by atoms with Gasteiger partial charge in [-0.1, -0.05) is 37.6 Å². The Bertz CT molecular complexity index is 324. The molecule has 0 radical (unpaired) electrons. The highest BCUT2D eigenvalue weighted by atomic mass is 16.6. The van der Waals surface area contributed by atoms with Crippen LogP contribution in [0.15, 0.2) is 23.8 Å². The summed E-state index contributed by atoms with van der Waals surface area (Å²) in [6, 6.07) is 0. The van der Waals surface area contributed by atoms with Gasteiger partial charge in [-0.3, -0.25) is 0 Å². The highest BCUT2D eigenvalue weighted by Gasteiger charge is 2.52. The van der Waals surface area contributed by atoms with Crippen LogP contribution >= 0.6 is 0 Å². The van der Waals surface area contributed by atoms with Gasteiger partial charge in [-0.15, -0.1) is 0 Å². The molecule has 1 heterocycles. The van der Waals surface area contributed by atoms with Gasteiger partial charge in [0.05, 0.1) is 11.7 Å². The van der Waals surface area contributed by atoms with Gasteiger partial charge in [0.2, 0.25) is 0 Å². The van der Waals surface area contributed by atoms with Gasteiger partial charge in [0, 0.05) is 0 Å².